The van der Waals surface area contributed by atoms with Crippen LogP contribution >= 0.6 is 11.3 Å². The van der Waals surface area contributed by atoms with Gasteiger partial charge in [-0.2, -0.15) is 5.26 Å². The van der Waals surface area contributed by atoms with Gasteiger partial charge in [-0.25, -0.2) is 4.90 Å². The molecule has 1 saturated heterocycles. The van der Waals surface area contributed by atoms with Gasteiger partial charge >= 0.3 is 0 Å². The minimum absolute atomic E-state index is 0.104. The molecule has 3 aliphatic rings. The van der Waals surface area contributed by atoms with Gasteiger partial charge in [-0.15, -0.1) is 11.3 Å². The number of rotatable bonds is 4. The summed E-state index contributed by atoms with van der Waals surface area (Å²) in [5.41, 5.74) is 6.14. The summed E-state index contributed by atoms with van der Waals surface area (Å²) in [6.07, 6.45) is 3.05. The fourth-order valence-electron chi connectivity index (χ4n) is 6.54. The molecule has 33 heavy (non-hydrogen) atoms. The summed E-state index contributed by atoms with van der Waals surface area (Å²) in [5, 5.41) is 10.6. The molecule has 2 saturated carbocycles. The van der Waals surface area contributed by atoms with E-state index in [9.17, 15) is 14.9 Å². The summed E-state index contributed by atoms with van der Waals surface area (Å²) >= 11 is 1.40. The number of benzene rings is 1. The van der Waals surface area contributed by atoms with Gasteiger partial charge in [0.15, 0.2) is 0 Å². The summed E-state index contributed by atoms with van der Waals surface area (Å²) in [7, 11) is 0. The number of nitrogens with zero attached hydrogens (tertiary/aromatic N) is 2. The summed E-state index contributed by atoms with van der Waals surface area (Å²) in [6.45, 7) is 10.6. The van der Waals surface area contributed by atoms with E-state index < -0.39 is 0 Å². The van der Waals surface area contributed by atoms with Crippen LogP contribution in [0.1, 0.15) is 68.9 Å². The Morgan fingerprint density at radius 3 is 2.18 bits per heavy atom. The lowest BCUT2D eigenvalue weighted by Crippen LogP contribution is -2.33. The number of allylic oxidation sites excluding steroid dienone is 2. The Morgan fingerprint density at radius 2 is 1.70 bits per heavy atom. The number of thiophene rings is 1. The van der Waals surface area contributed by atoms with E-state index in [2.05, 4.69) is 58.0 Å². The molecule has 3 fully saturated rings. The van der Waals surface area contributed by atoms with Gasteiger partial charge in [0.05, 0.1) is 17.4 Å². The number of hydrogen-bond donors (Lipinski definition) is 0. The highest BCUT2D eigenvalue weighted by molar-refractivity contribution is 7.17. The molecule has 2 bridgehead atoms. The molecule has 4 nitrogen and oxygen atoms in total. The molecule has 170 valence electrons. The van der Waals surface area contributed by atoms with Crippen molar-refractivity contribution in [1.29, 1.82) is 5.26 Å². The van der Waals surface area contributed by atoms with Crippen LogP contribution in [0.4, 0.5) is 5.00 Å². The molecule has 0 N–H and O–H groups in total. The quantitative estimate of drug-likeness (QED) is 0.383. The molecule has 0 radical (unpaired) electrons. The van der Waals surface area contributed by atoms with Gasteiger partial charge in [0.25, 0.3) is 0 Å². The third-order valence-electron chi connectivity index (χ3n) is 8.19. The summed E-state index contributed by atoms with van der Waals surface area (Å²) in [5.74, 6) is 0.131. The van der Waals surface area contributed by atoms with E-state index in [1.807, 2.05) is 6.92 Å². The SMILES string of the molecule is CC[C@@H](C)c1ccc(-c2c(C)sc(N3C(=O)[C@@H]4[C@H](C3=O)[C@H]3CC[C@H]4C3=C(C)C)c2C#N)cc1. The van der Waals surface area contributed by atoms with E-state index >= 15 is 0 Å². The molecule has 1 aromatic heterocycles. The molecule has 5 heteroatoms. The maximum atomic E-state index is 13.6. The predicted octanol–water partition coefficient (Wildman–Crippen LogP) is 6.59. The zero-order chi connectivity index (χ0) is 23.6. The first-order valence-electron chi connectivity index (χ1n) is 12.0. The van der Waals surface area contributed by atoms with E-state index in [1.165, 1.54) is 32.9 Å². The van der Waals surface area contributed by atoms with Crippen LogP contribution in [0.2, 0.25) is 0 Å². The lowest BCUT2D eigenvalue weighted by molar-refractivity contribution is -0.122. The van der Waals surface area contributed by atoms with Gasteiger partial charge < -0.3 is 0 Å². The first kappa shape index (κ1) is 22.1. The Bertz CT molecular complexity index is 1190. The molecule has 1 aliphatic heterocycles. The number of amides is 2. The molecule has 5 rings (SSSR count). The van der Waals surface area contributed by atoms with Crippen molar-refractivity contribution in [2.75, 3.05) is 4.90 Å². The Hall–Kier alpha value is -2.71. The molecule has 2 aliphatic carbocycles. The van der Waals surface area contributed by atoms with E-state index in [0.717, 1.165) is 35.3 Å². The van der Waals surface area contributed by atoms with Crippen LogP contribution in [0.5, 0.6) is 0 Å². The van der Waals surface area contributed by atoms with Crippen molar-refractivity contribution in [3.8, 4) is 17.2 Å². The van der Waals surface area contributed by atoms with Gasteiger partial charge in [0.2, 0.25) is 11.8 Å². The zero-order valence-corrected chi connectivity index (χ0v) is 20.8. The lowest BCUT2D eigenvalue weighted by atomic mass is 9.81. The molecule has 2 aromatic rings. The Balaban J connectivity index is 1.55. The van der Waals surface area contributed by atoms with Crippen molar-refractivity contribution in [2.45, 2.75) is 59.8 Å². The molecule has 2 heterocycles. The molecular formula is C28H30N2O2S. The third-order valence-corrected chi connectivity index (χ3v) is 9.28. The van der Waals surface area contributed by atoms with Gasteiger partial charge in [0.1, 0.15) is 11.1 Å². The number of carbonyl (C=O) groups excluding carboxylic acids is 2. The first-order chi connectivity index (χ1) is 15.8. The third kappa shape index (κ3) is 3.07. The summed E-state index contributed by atoms with van der Waals surface area (Å²) in [6, 6.07) is 10.7. The van der Waals surface area contributed by atoms with E-state index in [-0.39, 0.29) is 35.5 Å². The van der Waals surface area contributed by atoms with Crippen LogP contribution in [-0.2, 0) is 9.59 Å². The van der Waals surface area contributed by atoms with Crippen LogP contribution in [0.15, 0.2) is 35.4 Å². The highest BCUT2D eigenvalue weighted by atomic mass is 32.1. The topological polar surface area (TPSA) is 61.2 Å². The fraction of sp³-hybridized carbons (Fsp3) is 0.464. The Labute approximate surface area is 199 Å². The van der Waals surface area contributed by atoms with Crippen molar-refractivity contribution < 1.29 is 9.59 Å². The second-order valence-electron chi connectivity index (χ2n) is 10.1. The number of fused-ring (bicyclic) bond motifs is 5. The maximum absolute atomic E-state index is 13.6. The molecule has 0 spiro atoms. The van der Waals surface area contributed by atoms with Crippen molar-refractivity contribution in [3.63, 3.8) is 0 Å². The standard InChI is InChI=1S/C28H30N2O2S/c1-6-15(4)17-7-9-18(10-8-17)23-16(5)33-28(21(23)13-29)30-26(31)24-19-11-12-20(22(19)14(2)3)25(24)27(30)32/h7-10,15,19-20,24-25H,6,11-12H2,1-5H3/t15-,19+,20+,24-,25+/m1/s1. The molecule has 5 atom stereocenters. The number of nitriles is 1. The number of hydrogen-bond acceptors (Lipinski definition) is 4. The van der Waals surface area contributed by atoms with Crippen molar-refractivity contribution in [1.82, 2.24) is 0 Å². The van der Waals surface area contributed by atoms with Crippen molar-refractivity contribution in [3.05, 3.63) is 51.4 Å². The second kappa shape index (κ2) is 7.95. The lowest BCUT2D eigenvalue weighted by Gasteiger charge is -2.18. The van der Waals surface area contributed by atoms with Gasteiger partial charge in [-0.05, 0) is 68.9 Å². The van der Waals surface area contributed by atoms with Crippen LogP contribution in [0, 0.1) is 41.9 Å². The Kier molecular flexibility index (Phi) is 5.33. The minimum atomic E-state index is -0.256. The van der Waals surface area contributed by atoms with Crippen LogP contribution in [0.3, 0.4) is 0 Å². The maximum Gasteiger partial charge on any atom is 0.239 e. The zero-order valence-electron chi connectivity index (χ0n) is 19.9. The second-order valence-corrected chi connectivity index (χ2v) is 11.3. The fourth-order valence-corrected chi connectivity index (χ4v) is 7.68. The van der Waals surface area contributed by atoms with Gasteiger partial charge in [-0.3, -0.25) is 9.59 Å². The smallest absolute Gasteiger partial charge is 0.239 e. The number of aryl methyl sites for hydroxylation is 1. The van der Waals surface area contributed by atoms with Crippen LogP contribution < -0.4 is 4.90 Å². The van der Waals surface area contributed by atoms with Crippen molar-refractivity contribution >= 4 is 28.2 Å². The number of anilines is 1. The number of carbonyl (C=O) groups is 2. The highest BCUT2D eigenvalue weighted by Crippen LogP contribution is 2.61. The number of imide groups is 1. The summed E-state index contributed by atoms with van der Waals surface area (Å²) < 4.78 is 0. The van der Waals surface area contributed by atoms with Crippen LogP contribution in [-0.4, -0.2) is 11.8 Å². The molecule has 1 aromatic carbocycles. The average Bonchev–Trinajstić information content (AvgIpc) is 3.52. The Morgan fingerprint density at radius 1 is 1.12 bits per heavy atom. The predicted molar refractivity (Wildman–Crippen MR) is 132 cm³/mol. The molecular weight excluding hydrogens is 428 g/mol. The summed E-state index contributed by atoms with van der Waals surface area (Å²) in [4.78, 5) is 29.6. The van der Waals surface area contributed by atoms with E-state index in [0.29, 0.717) is 16.5 Å². The first-order valence-corrected chi connectivity index (χ1v) is 12.8. The monoisotopic (exact) mass is 458 g/mol. The van der Waals surface area contributed by atoms with E-state index in [1.54, 1.807) is 0 Å². The average molecular weight is 459 g/mol. The van der Waals surface area contributed by atoms with Gasteiger partial charge in [0, 0.05) is 10.4 Å². The minimum Gasteiger partial charge on any atom is -0.274 e. The normalized spacial score (nSPS) is 26.7. The molecule has 0 unspecified atom stereocenters. The van der Waals surface area contributed by atoms with Gasteiger partial charge in [-0.1, -0.05) is 49.3 Å². The van der Waals surface area contributed by atoms with Crippen molar-refractivity contribution in [2.24, 2.45) is 23.7 Å². The molecule has 2 amide bonds. The van der Waals surface area contributed by atoms with Crippen LogP contribution in [0.25, 0.3) is 11.1 Å². The highest BCUT2D eigenvalue weighted by Gasteiger charge is 2.64. The largest absolute Gasteiger partial charge is 0.274 e. The van der Waals surface area contributed by atoms with E-state index in [4.69, 9.17) is 0 Å².